The Balaban J connectivity index is 1.58. The first kappa shape index (κ1) is 20.1. The summed E-state index contributed by atoms with van der Waals surface area (Å²) < 4.78 is 5.63. The van der Waals surface area contributed by atoms with Crippen LogP contribution in [0.15, 0.2) is 48.5 Å². The van der Waals surface area contributed by atoms with Crippen molar-refractivity contribution in [3.05, 3.63) is 59.7 Å². The summed E-state index contributed by atoms with van der Waals surface area (Å²) in [7, 11) is 0. The van der Waals surface area contributed by atoms with Crippen LogP contribution in [0.2, 0.25) is 0 Å². The quantitative estimate of drug-likeness (QED) is 0.566. The van der Waals surface area contributed by atoms with Gasteiger partial charge in [0.05, 0.1) is 11.6 Å². The van der Waals surface area contributed by atoms with Gasteiger partial charge in [-0.05, 0) is 66.8 Å². The number of nitriles is 1. The molecule has 0 heterocycles. The normalized spacial score (nSPS) is 20.2. The maximum absolute atomic E-state index is 12.4. The van der Waals surface area contributed by atoms with Crippen molar-refractivity contribution >= 4 is 5.97 Å². The van der Waals surface area contributed by atoms with E-state index >= 15 is 0 Å². The number of carbonyl (C=O) groups is 1. The van der Waals surface area contributed by atoms with E-state index in [1.807, 2.05) is 24.3 Å². The van der Waals surface area contributed by atoms with Crippen molar-refractivity contribution in [2.45, 2.75) is 58.5 Å². The summed E-state index contributed by atoms with van der Waals surface area (Å²) in [5.74, 6) is 0.549. The Hall–Kier alpha value is -2.60. The van der Waals surface area contributed by atoms with E-state index in [0.29, 0.717) is 11.5 Å². The molecule has 2 aromatic carbocycles. The van der Waals surface area contributed by atoms with E-state index in [-0.39, 0.29) is 18.0 Å². The van der Waals surface area contributed by atoms with Crippen molar-refractivity contribution in [1.29, 1.82) is 5.26 Å². The molecule has 146 valence electrons. The lowest BCUT2D eigenvalue weighted by Gasteiger charge is -2.24. The molecule has 3 rings (SSSR count). The highest BCUT2D eigenvalue weighted by molar-refractivity contribution is 5.90. The molecule has 0 amide bonds. The summed E-state index contributed by atoms with van der Waals surface area (Å²) in [5.41, 5.74) is 4.20. The van der Waals surface area contributed by atoms with Crippen molar-refractivity contribution in [2.75, 3.05) is 0 Å². The molecule has 2 aromatic rings. The van der Waals surface area contributed by atoms with Gasteiger partial charge in [-0.1, -0.05) is 56.7 Å². The molecule has 1 saturated carbocycles. The molecule has 1 fully saturated rings. The number of nitrogens with zero attached hydrogens (tertiary/aromatic N) is 1. The fourth-order valence-corrected chi connectivity index (χ4v) is 3.71. The molecular weight excluding hydrogens is 346 g/mol. The van der Waals surface area contributed by atoms with Gasteiger partial charge in [-0.25, -0.2) is 4.79 Å². The van der Waals surface area contributed by atoms with Crippen LogP contribution < -0.4 is 0 Å². The molecule has 0 spiro atoms. The van der Waals surface area contributed by atoms with Crippen LogP contribution in [0.3, 0.4) is 0 Å². The third-order valence-corrected chi connectivity index (χ3v) is 5.82. The Morgan fingerprint density at radius 1 is 1.04 bits per heavy atom. The minimum atomic E-state index is -0.268. The summed E-state index contributed by atoms with van der Waals surface area (Å²) in [6.07, 6.45) is 5.45. The molecule has 0 N–H and O–H groups in total. The van der Waals surface area contributed by atoms with E-state index in [1.165, 1.54) is 12.0 Å². The highest BCUT2D eigenvalue weighted by Crippen LogP contribution is 2.27. The van der Waals surface area contributed by atoms with Crippen LogP contribution in [0.25, 0.3) is 11.1 Å². The van der Waals surface area contributed by atoms with Gasteiger partial charge in [-0.2, -0.15) is 5.26 Å². The molecule has 1 atom stereocenters. The molecule has 28 heavy (non-hydrogen) atoms. The number of benzene rings is 2. The van der Waals surface area contributed by atoms with Crippen LogP contribution in [0, 0.1) is 23.2 Å². The van der Waals surface area contributed by atoms with Gasteiger partial charge in [0.2, 0.25) is 0 Å². The lowest BCUT2D eigenvalue weighted by molar-refractivity contribution is 0.0187. The van der Waals surface area contributed by atoms with Gasteiger partial charge in [0.1, 0.15) is 6.10 Å². The molecule has 0 aliphatic heterocycles. The Morgan fingerprint density at radius 2 is 1.61 bits per heavy atom. The average Bonchev–Trinajstić information content (AvgIpc) is 2.75. The summed E-state index contributed by atoms with van der Waals surface area (Å²) in [6, 6.07) is 18.6. The van der Waals surface area contributed by atoms with Gasteiger partial charge >= 0.3 is 5.97 Å². The van der Waals surface area contributed by atoms with Gasteiger partial charge in [-0.3, -0.25) is 0 Å². The summed E-state index contributed by atoms with van der Waals surface area (Å²) in [6.45, 7) is 4.50. The SMILES string of the molecule is CCC(C)Cc1ccc(-c2ccc(C(=O)O[C@H]3CC[C@H](C#N)CC3)cc2)cc1. The van der Waals surface area contributed by atoms with E-state index in [2.05, 4.69) is 44.2 Å². The zero-order valence-electron chi connectivity index (χ0n) is 16.9. The molecular formula is C25H29NO2. The van der Waals surface area contributed by atoms with E-state index in [4.69, 9.17) is 10.00 Å². The van der Waals surface area contributed by atoms with Gasteiger partial charge in [0.15, 0.2) is 0 Å². The van der Waals surface area contributed by atoms with E-state index < -0.39 is 0 Å². The Labute approximate surface area is 168 Å². The van der Waals surface area contributed by atoms with Crippen molar-refractivity contribution < 1.29 is 9.53 Å². The number of ether oxygens (including phenoxy) is 1. The first-order valence-electron chi connectivity index (χ1n) is 10.4. The fourth-order valence-electron chi connectivity index (χ4n) is 3.71. The second-order valence-electron chi connectivity index (χ2n) is 8.00. The molecule has 0 radical (unpaired) electrons. The molecule has 3 heteroatoms. The molecule has 1 unspecified atom stereocenters. The molecule has 3 nitrogen and oxygen atoms in total. The van der Waals surface area contributed by atoms with Crippen molar-refractivity contribution in [3.63, 3.8) is 0 Å². The molecule has 0 aromatic heterocycles. The minimum Gasteiger partial charge on any atom is -0.459 e. The number of hydrogen-bond donors (Lipinski definition) is 0. The molecule has 0 bridgehead atoms. The third-order valence-electron chi connectivity index (χ3n) is 5.82. The summed E-state index contributed by atoms with van der Waals surface area (Å²) >= 11 is 0. The number of hydrogen-bond acceptors (Lipinski definition) is 3. The smallest absolute Gasteiger partial charge is 0.338 e. The van der Waals surface area contributed by atoms with Crippen molar-refractivity contribution in [2.24, 2.45) is 11.8 Å². The van der Waals surface area contributed by atoms with Crippen LogP contribution >= 0.6 is 0 Å². The molecule has 1 aliphatic carbocycles. The van der Waals surface area contributed by atoms with Crippen LogP contribution in [0.5, 0.6) is 0 Å². The Kier molecular flexibility index (Phi) is 6.87. The standard InChI is InChI=1S/C25H29NO2/c1-3-18(2)16-19-4-8-21(9-5-19)22-10-12-23(13-11-22)25(27)28-24-14-6-20(17-26)7-15-24/h4-5,8-13,18,20,24H,3,6-7,14-16H2,1-2H3/t18?,20-,24-. The molecule has 0 saturated heterocycles. The Bertz CT molecular complexity index is 809. The monoisotopic (exact) mass is 375 g/mol. The zero-order valence-corrected chi connectivity index (χ0v) is 16.9. The third kappa shape index (κ3) is 5.23. The highest BCUT2D eigenvalue weighted by Gasteiger charge is 2.24. The highest BCUT2D eigenvalue weighted by atomic mass is 16.5. The minimum absolute atomic E-state index is 0.0603. The summed E-state index contributed by atoms with van der Waals surface area (Å²) in [4.78, 5) is 12.4. The van der Waals surface area contributed by atoms with Gasteiger partial charge < -0.3 is 4.74 Å². The van der Waals surface area contributed by atoms with E-state index in [9.17, 15) is 4.79 Å². The first-order chi connectivity index (χ1) is 13.6. The van der Waals surface area contributed by atoms with Crippen LogP contribution in [0.1, 0.15) is 61.9 Å². The van der Waals surface area contributed by atoms with E-state index in [1.54, 1.807) is 0 Å². The maximum atomic E-state index is 12.4. The van der Waals surface area contributed by atoms with Gasteiger partial charge in [-0.15, -0.1) is 0 Å². The predicted octanol–water partition coefficient (Wildman–Crippen LogP) is 6.18. The number of esters is 1. The fraction of sp³-hybridized carbons (Fsp3) is 0.440. The van der Waals surface area contributed by atoms with Crippen molar-refractivity contribution in [1.82, 2.24) is 0 Å². The summed E-state index contributed by atoms with van der Waals surface area (Å²) in [5, 5.41) is 8.96. The number of rotatable bonds is 6. The lowest BCUT2D eigenvalue weighted by atomic mass is 9.88. The van der Waals surface area contributed by atoms with Gasteiger partial charge in [0, 0.05) is 5.92 Å². The second kappa shape index (κ2) is 9.55. The lowest BCUT2D eigenvalue weighted by Crippen LogP contribution is -2.24. The topological polar surface area (TPSA) is 50.1 Å². The molecule has 1 aliphatic rings. The number of carbonyl (C=O) groups excluding carboxylic acids is 1. The second-order valence-corrected chi connectivity index (χ2v) is 8.00. The van der Waals surface area contributed by atoms with Gasteiger partial charge in [0.25, 0.3) is 0 Å². The van der Waals surface area contributed by atoms with Crippen LogP contribution in [-0.4, -0.2) is 12.1 Å². The Morgan fingerprint density at radius 3 is 2.14 bits per heavy atom. The van der Waals surface area contributed by atoms with Crippen LogP contribution in [-0.2, 0) is 11.2 Å². The predicted molar refractivity (Wildman–Crippen MR) is 112 cm³/mol. The maximum Gasteiger partial charge on any atom is 0.338 e. The first-order valence-corrected chi connectivity index (χ1v) is 10.4. The van der Waals surface area contributed by atoms with E-state index in [0.717, 1.165) is 43.2 Å². The zero-order chi connectivity index (χ0) is 19.9. The van der Waals surface area contributed by atoms with Crippen molar-refractivity contribution in [3.8, 4) is 17.2 Å². The largest absolute Gasteiger partial charge is 0.459 e. The van der Waals surface area contributed by atoms with Crippen LogP contribution in [0.4, 0.5) is 0 Å². The average molecular weight is 376 g/mol.